The zero-order chi connectivity index (χ0) is 19.8. The molecule has 0 radical (unpaired) electrons. The monoisotopic (exact) mass is 374 g/mol. The molecule has 0 aromatic heterocycles. The van der Waals surface area contributed by atoms with Gasteiger partial charge in [-0.1, -0.05) is 89.4 Å². The highest BCUT2D eigenvalue weighted by Crippen LogP contribution is 2.11. The molecule has 0 bridgehead atoms. The molecule has 0 spiro atoms. The van der Waals surface area contributed by atoms with Crippen LogP contribution in [0.15, 0.2) is 36.5 Å². The van der Waals surface area contributed by atoms with Crippen molar-refractivity contribution in [1.29, 1.82) is 0 Å². The summed E-state index contributed by atoms with van der Waals surface area (Å²) in [7, 11) is 0. The Bertz CT molecular complexity index is 418. The van der Waals surface area contributed by atoms with E-state index >= 15 is 0 Å². The standard InChI is InChI=1S/C25H42O2/c1-2-3-4-5-6-7-8-9-10-11-12-13-14-15-16-17-18-19-20-22-25(27)23-21-24-26/h9-10,20-24H,2-8,11-19H2,1H3/b10-9+,22-20+,23-21+. The van der Waals surface area contributed by atoms with Gasteiger partial charge in [0.1, 0.15) is 6.29 Å². The van der Waals surface area contributed by atoms with Gasteiger partial charge in [-0.3, -0.25) is 9.59 Å². The molecule has 0 saturated carbocycles. The number of rotatable bonds is 20. The summed E-state index contributed by atoms with van der Waals surface area (Å²) in [6.07, 6.45) is 32.2. The van der Waals surface area contributed by atoms with E-state index in [0.717, 1.165) is 12.8 Å². The van der Waals surface area contributed by atoms with E-state index in [-0.39, 0.29) is 5.78 Å². The molecule has 0 heterocycles. The molecule has 0 aromatic carbocycles. The van der Waals surface area contributed by atoms with E-state index in [4.69, 9.17) is 0 Å². The predicted molar refractivity (Wildman–Crippen MR) is 118 cm³/mol. The Balaban J connectivity index is 3.23. The molecule has 2 heteroatoms. The average Bonchev–Trinajstić information content (AvgIpc) is 2.68. The molecule has 0 aliphatic heterocycles. The number of carbonyl (C=O) groups is 2. The first-order chi connectivity index (χ1) is 13.3. The number of hydrogen-bond acceptors (Lipinski definition) is 2. The molecular formula is C25H42O2. The number of ketones is 1. The van der Waals surface area contributed by atoms with Crippen molar-refractivity contribution in [2.75, 3.05) is 0 Å². The fourth-order valence-electron chi connectivity index (χ4n) is 3.08. The van der Waals surface area contributed by atoms with Crippen LogP contribution >= 0.6 is 0 Å². The number of unbranched alkanes of at least 4 members (excludes halogenated alkanes) is 14. The first-order valence-electron chi connectivity index (χ1n) is 11.3. The van der Waals surface area contributed by atoms with Crippen LogP contribution in [0.5, 0.6) is 0 Å². The second kappa shape index (κ2) is 22.6. The molecule has 0 atom stereocenters. The molecule has 0 rings (SSSR count). The van der Waals surface area contributed by atoms with Gasteiger partial charge in [0.25, 0.3) is 0 Å². The Morgan fingerprint density at radius 3 is 1.52 bits per heavy atom. The zero-order valence-corrected chi connectivity index (χ0v) is 17.7. The van der Waals surface area contributed by atoms with Gasteiger partial charge in [0, 0.05) is 0 Å². The zero-order valence-electron chi connectivity index (χ0n) is 17.7. The van der Waals surface area contributed by atoms with Crippen molar-refractivity contribution in [3.05, 3.63) is 36.5 Å². The lowest BCUT2D eigenvalue weighted by Crippen LogP contribution is -1.85. The molecule has 0 aliphatic rings. The molecule has 154 valence electrons. The highest BCUT2D eigenvalue weighted by molar-refractivity contribution is 6.00. The SMILES string of the molecule is CCCCCCCC/C=C/CCCCCCCCC/C=C/C(=O)/C=C/C=O. The largest absolute Gasteiger partial charge is 0.299 e. The number of aldehydes is 1. The molecule has 0 unspecified atom stereocenters. The van der Waals surface area contributed by atoms with E-state index in [1.807, 2.05) is 6.08 Å². The third-order valence-electron chi connectivity index (χ3n) is 4.75. The molecule has 0 fully saturated rings. The summed E-state index contributed by atoms with van der Waals surface area (Å²) < 4.78 is 0. The van der Waals surface area contributed by atoms with Crippen LogP contribution in [0, 0.1) is 0 Å². The van der Waals surface area contributed by atoms with Crippen molar-refractivity contribution < 1.29 is 9.59 Å². The lowest BCUT2D eigenvalue weighted by atomic mass is 10.1. The lowest BCUT2D eigenvalue weighted by Gasteiger charge is -2.00. The number of hydrogen-bond donors (Lipinski definition) is 0. The van der Waals surface area contributed by atoms with Crippen LogP contribution in [-0.4, -0.2) is 12.1 Å². The summed E-state index contributed by atoms with van der Waals surface area (Å²) in [6, 6.07) is 0. The molecule has 27 heavy (non-hydrogen) atoms. The molecule has 0 amide bonds. The first kappa shape index (κ1) is 25.6. The third kappa shape index (κ3) is 22.5. The van der Waals surface area contributed by atoms with E-state index in [1.54, 1.807) is 6.08 Å². The Kier molecular flexibility index (Phi) is 21.4. The molecular weight excluding hydrogens is 332 g/mol. The minimum atomic E-state index is -0.108. The van der Waals surface area contributed by atoms with Crippen molar-refractivity contribution in [1.82, 2.24) is 0 Å². The van der Waals surface area contributed by atoms with Gasteiger partial charge in [0.15, 0.2) is 5.78 Å². The van der Waals surface area contributed by atoms with Crippen LogP contribution in [0.1, 0.15) is 110 Å². The summed E-state index contributed by atoms with van der Waals surface area (Å²) >= 11 is 0. The summed E-state index contributed by atoms with van der Waals surface area (Å²) in [4.78, 5) is 21.3. The van der Waals surface area contributed by atoms with Crippen LogP contribution < -0.4 is 0 Å². The average molecular weight is 375 g/mol. The topological polar surface area (TPSA) is 34.1 Å². The van der Waals surface area contributed by atoms with E-state index in [1.165, 1.54) is 102 Å². The molecule has 0 aromatic rings. The van der Waals surface area contributed by atoms with E-state index < -0.39 is 0 Å². The van der Waals surface area contributed by atoms with Gasteiger partial charge in [-0.25, -0.2) is 0 Å². The minimum Gasteiger partial charge on any atom is -0.299 e. The molecule has 0 N–H and O–H groups in total. The third-order valence-corrected chi connectivity index (χ3v) is 4.75. The van der Waals surface area contributed by atoms with E-state index in [0.29, 0.717) is 6.29 Å². The highest BCUT2D eigenvalue weighted by Gasteiger charge is 1.92. The van der Waals surface area contributed by atoms with Crippen molar-refractivity contribution in [2.24, 2.45) is 0 Å². The van der Waals surface area contributed by atoms with Crippen LogP contribution in [0.4, 0.5) is 0 Å². The van der Waals surface area contributed by atoms with Crippen molar-refractivity contribution >= 4 is 12.1 Å². The summed E-state index contributed by atoms with van der Waals surface area (Å²) in [5.41, 5.74) is 0. The van der Waals surface area contributed by atoms with Crippen LogP contribution in [0.3, 0.4) is 0 Å². The predicted octanol–water partition coefficient (Wildman–Crippen LogP) is 7.68. The first-order valence-corrected chi connectivity index (χ1v) is 11.3. The Labute approximate surface area is 168 Å². The smallest absolute Gasteiger partial charge is 0.178 e. The molecule has 0 aliphatic carbocycles. The maximum atomic E-state index is 11.2. The quantitative estimate of drug-likeness (QED) is 0.0947. The minimum absolute atomic E-state index is 0.108. The Morgan fingerprint density at radius 2 is 1.04 bits per heavy atom. The second-order valence-electron chi connectivity index (χ2n) is 7.38. The van der Waals surface area contributed by atoms with Gasteiger partial charge in [0.2, 0.25) is 0 Å². The Hall–Kier alpha value is -1.44. The maximum Gasteiger partial charge on any atom is 0.178 e. The summed E-state index contributed by atoms with van der Waals surface area (Å²) in [6.45, 7) is 2.27. The van der Waals surface area contributed by atoms with Gasteiger partial charge < -0.3 is 0 Å². The molecule has 0 saturated heterocycles. The van der Waals surface area contributed by atoms with E-state index in [2.05, 4.69) is 19.1 Å². The van der Waals surface area contributed by atoms with Crippen LogP contribution in [-0.2, 0) is 9.59 Å². The lowest BCUT2D eigenvalue weighted by molar-refractivity contribution is -0.111. The van der Waals surface area contributed by atoms with Crippen LogP contribution in [0.25, 0.3) is 0 Å². The van der Waals surface area contributed by atoms with E-state index in [9.17, 15) is 9.59 Å². The van der Waals surface area contributed by atoms with Crippen molar-refractivity contribution in [3.8, 4) is 0 Å². The van der Waals surface area contributed by atoms with Gasteiger partial charge in [0.05, 0.1) is 0 Å². The van der Waals surface area contributed by atoms with Gasteiger partial charge in [-0.15, -0.1) is 0 Å². The maximum absolute atomic E-state index is 11.2. The van der Waals surface area contributed by atoms with Gasteiger partial charge >= 0.3 is 0 Å². The van der Waals surface area contributed by atoms with Gasteiger partial charge in [-0.2, -0.15) is 0 Å². The van der Waals surface area contributed by atoms with Crippen molar-refractivity contribution in [2.45, 2.75) is 110 Å². The van der Waals surface area contributed by atoms with Gasteiger partial charge in [-0.05, 0) is 56.8 Å². The number of carbonyl (C=O) groups excluding carboxylic acids is 2. The Morgan fingerprint density at radius 1 is 0.593 bits per heavy atom. The molecule has 2 nitrogen and oxygen atoms in total. The highest BCUT2D eigenvalue weighted by atomic mass is 16.1. The second-order valence-corrected chi connectivity index (χ2v) is 7.38. The number of allylic oxidation sites excluding steroid dienone is 6. The summed E-state index contributed by atoms with van der Waals surface area (Å²) in [5.74, 6) is -0.108. The van der Waals surface area contributed by atoms with Crippen LogP contribution in [0.2, 0.25) is 0 Å². The summed E-state index contributed by atoms with van der Waals surface area (Å²) in [5, 5.41) is 0. The van der Waals surface area contributed by atoms with Crippen molar-refractivity contribution in [3.63, 3.8) is 0 Å². The normalized spacial score (nSPS) is 11.9. The fourth-order valence-corrected chi connectivity index (χ4v) is 3.08. The fraction of sp³-hybridized carbons (Fsp3) is 0.680.